The number of rotatable bonds is 20. The SMILES string of the molecule is CCCCn1cnc2c(Cl)c(C(=O)Nc3ccc(C(C)C)cc3)cnc21.COC(=O)N1CCC(n2nc(C)c3c(=O)c(C(=O)Nc4ccc(Cl)cc4)c[nH]c32)CC1.Cc1ccc(NC(=O)c2cnc3c(c(C)nn3C3CCNCC3)c2Cl)cc1.Cc1nn(C2CCN(C)CC2)c2ncc(C(=O)Nc3ccc(C(C)C)cc3)c(Cl)c12.Cc1nn(C2CCNCC2)c2ncc(C(=O)Nc3ccc(C(C)C)cc3)c(Cl)c12. The number of halogens is 5. The number of methoxy groups -OCH3 is 1. The lowest BCUT2D eigenvalue weighted by Crippen LogP contribution is -2.39. The molecule has 0 saturated carbocycles. The van der Waals surface area contributed by atoms with Gasteiger partial charge in [-0.3, -0.25) is 28.8 Å². The van der Waals surface area contributed by atoms with Crippen LogP contribution in [0, 0.1) is 34.6 Å². The minimum absolute atomic E-state index is 0.00519. The second-order valence-corrected chi connectivity index (χ2v) is 39.5. The predicted octanol–water partition coefficient (Wildman–Crippen LogP) is 22.2. The lowest BCUT2D eigenvalue weighted by molar-refractivity contribution is 0.101. The van der Waals surface area contributed by atoms with E-state index in [2.05, 4.69) is 138 Å². The number of hydrogen-bond acceptors (Lipinski definition) is 20. The van der Waals surface area contributed by atoms with E-state index in [0.29, 0.717) is 143 Å². The number of ether oxygens (including phenoxy) is 1. The van der Waals surface area contributed by atoms with Crippen molar-refractivity contribution in [3.8, 4) is 0 Å². The summed E-state index contributed by atoms with van der Waals surface area (Å²) in [5.41, 5.74) is 16.3. The Morgan fingerprint density at radius 1 is 0.413 bits per heavy atom. The Morgan fingerprint density at radius 2 is 0.741 bits per heavy atom. The largest absolute Gasteiger partial charge is 0.453 e. The van der Waals surface area contributed by atoms with Gasteiger partial charge in [-0.15, -0.1) is 0 Å². The van der Waals surface area contributed by atoms with Gasteiger partial charge in [0.1, 0.15) is 16.7 Å². The molecule has 0 atom stereocenters. The molecule has 4 aliphatic heterocycles. The summed E-state index contributed by atoms with van der Waals surface area (Å²) in [4.78, 5) is 118. The smallest absolute Gasteiger partial charge is 0.409 e. The summed E-state index contributed by atoms with van der Waals surface area (Å²) in [7, 11) is 3.50. The third kappa shape index (κ3) is 24.2. The standard InChI is InChI=1S/C23H28ClN5O.C22H26ClN5O.C21H22ClN5O4.C20H22ClN5O.C20H23ClN4O/c1-14(2)16-5-7-17(8-6-16)26-23(30)19-13-25-22-20(21(19)24)15(3)27-29(22)18-9-11-28(4)12-10-18;1-13(2)15-4-6-16(7-5-15)26-22(29)18-12-25-21-19(20(18)23)14(3)27-28(21)17-8-10-24-11-9-17;1-12-17-18(28)16(20(29)24-14-5-3-13(22)4-6-14)11-23-19(17)27(25-12)15-7-9-26(10-8-15)21(30)31-2;1-12-3-5-14(6-4-12)24-20(27)16-11-23-19-17(18(16)21)13(2)25-26(19)15-7-9-22-10-8-15;1-4-5-10-25-12-23-18-17(21)16(11-22-19(18)25)20(26)24-15-8-6-14(7-9-15)13(2)3/h5-8,13-14,18H,9-12H2,1-4H3,(H,26,30);4-7,12-13,17,24H,8-11H2,1-3H3,(H,26,29);3-6,11,15H,7-10H2,1-2H3,(H,23,28)(H,24,29);3-6,11,15,22H,7-10H2,1-2H3,(H,24,27);6-9,11-13H,4-5,10H2,1-3H3,(H,24,26). The number of hydrogen-bond donors (Lipinski definition) is 8. The Labute approximate surface area is 854 Å². The number of carbonyl (C=O) groups is 6. The number of nitrogens with zero attached hydrogens (tertiary/aromatic N) is 16. The fourth-order valence-corrected chi connectivity index (χ4v) is 19.5. The minimum atomic E-state index is -0.510. The van der Waals surface area contributed by atoms with E-state index in [9.17, 15) is 33.6 Å². The Hall–Kier alpha value is -13.1. The zero-order valence-electron chi connectivity index (χ0n) is 82.8. The van der Waals surface area contributed by atoms with Gasteiger partial charge in [0.25, 0.3) is 29.5 Å². The molecule has 143 heavy (non-hydrogen) atoms. The van der Waals surface area contributed by atoms with Gasteiger partial charge in [0.2, 0.25) is 5.43 Å². The Bertz CT molecular complexity index is 7170. The molecule has 4 fully saturated rings. The van der Waals surface area contributed by atoms with Gasteiger partial charge in [-0.2, -0.15) is 20.4 Å². The average Bonchev–Trinajstić information content (AvgIpc) is 1.62. The van der Waals surface area contributed by atoms with Gasteiger partial charge in [-0.1, -0.05) is 167 Å². The fraction of sp³-hybridized carbons (Fsp3) is 0.377. The number of carbonyl (C=O) groups excluding carboxylic acids is 6. The molecule has 15 aromatic rings. The van der Waals surface area contributed by atoms with Crippen LogP contribution in [0.4, 0.5) is 33.2 Å². The van der Waals surface area contributed by atoms with Gasteiger partial charge in [0.15, 0.2) is 22.6 Å². The summed E-state index contributed by atoms with van der Waals surface area (Å²) in [6, 6.07) is 38.8. The molecule has 4 aliphatic rings. The number of likely N-dealkylation sites (tertiary alicyclic amines) is 2. The number of aromatic nitrogens is 15. The van der Waals surface area contributed by atoms with Crippen LogP contribution in [0.2, 0.25) is 25.1 Å². The molecule has 5 aromatic carbocycles. The number of imidazole rings is 1. The van der Waals surface area contributed by atoms with E-state index < -0.39 is 5.91 Å². The van der Waals surface area contributed by atoms with Gasteiger partial charge in [0, 0.05) is 84.1 Å². The fourth-order valence-electron chi connectivity index (χ4n) is 18.1. The van der Waals surface area contributed by atoms with E-state index in [1.807, 2.05) is 143 Å². The average molecular weight is 2040 g/mol. The van der Waals surface area contributed by atoms with E-state index >= 15 is 0 Å². The number of piperidine rings is 4. The number of amides is 6. The Kier molecular flexibility index (Phi) is 34.3. The number of benzene rings is 5. The van der Waals surface area contributed by atoms with Crippen molar-refractivity contribution in [2.75, 3.05) is 93.1 Å². The van der Waals surface area contributed by atoms with Crippen LogP contribution in [0.3, 0.4) is 0 Å². The molecule has 37 heteroatoms. The van der Waals surface area contributed by atoms with E-state index in [-0.39, 0.29) is 46.8 Å². The van der Waals surface area contributed by atoms with Crippen molar-refractivity contribution in [2.45, 2.75) is 196 Å². The van der Waals surface area contributed by atoms with Crippen LogP contribution in [0.5, 0.6) is 0 Å². The first kappa shape index (κ1) is 104. The molecule has 19 rings (SSSR count). The number of fused-ring (bicyclic) bond motifs is 5. The number of aryl methyl sites for hydroxylation is 6. The molecule has 0 bridgehead atoms. The third-order valence-electron chi connectivity index (χ3n) is 26.5. The highest BCUT2D eigenvalue weighted by molar-refractivity contribution is 6.41. The molecule has 748 valence electrons. The van der Waals surface area contributed by atoms with Crippen LogP contribution in [-0.4, -0.2) is 186 Å². The maximum atomic E-state index is 13.1. The summed E-state index contributed by atoms with van der Waals surface area (Å²) < 4.78 is 14.5. The summed E-state index contributed by atoms with van der Waals surface area (Å²) in [6.45, 7) is 32.3. The zero-order valence-corrected chi connectivity index (χ0v) is 86.6. The van der Waals surface area contributed by atoms with Crippen molar-refractivity contribution in [3.05, 3.63) is 267 Å². The van der Waals surface area contributed by atoms with Gasteiger partial charge in [-0.05, 0) is 246 Å². The second kappa shape index (κ2) is 47.0. The first-order chi connectivity index (χ1) is 68.7. The van der Waals surface area contributed by atoms with E-state index in [1.165, 1.54) is 36.2 Å². The summed E-state index contributed by atoms with van der Waals surface area (Å²) in [5, 5.41) is 44.5. The first-order valence-corrected chi connectivity index (χ1v) is 50.4. The van der Waals surface area contributed by atoms with Crippen molar-refractivity contribution < 1.29 is 33.5 Å². The van der Waals surface area contributed by atoms with Crippen LogP contribution in [-0.2, 0) is 11.3 Å². The number of unbranched alkanes of at least 4 members (excludes halogenated alkanes) is 1. The highest BCUT2D eigenvalue weighted by atomic mass is 35.5. The number of pyridine rings is 5. The lowest BCUT2D eigenvalue weighted by Gasteiger charge is -2.31. The predicted molar refractivity (Wildman–Crippen MR) is 569 cm³/mol. The van der Waals surface area contributed by atoms with Crippen LogP contribution in [0.25, 0.3) is 55.3 Å². The molecule has 10 aromatic heterocycles. The molecule has 8 N–H and O–H groups in total. The summed E-state index contributed by atoms with van der Waals surface area (Å²) in [6.07, 6.45) is 18.6. The number of nitrogens with one attached hydrogen (secondary N) is 8. The van der Waals surface area contributed by atoms with Crippen molar-refractivity contribution >= 4 is 177 Å². The van der Waals surface area contributed by atoms with Gasteiger partial charge >= 0.3 is 6.09 Å². The highest BCUT2D eigenvalue weighted by Gasteiger charge is 2.33. The van der Waals surface area contributed by atoms with E-state index in [1.54, 1.807) is 65.7 Å². The quantitative estimate of drug-likeness (QED) is 0.0351. The summed E-state index contributed by atoms with van der Waals surface area (Å²) in [5.74, 6) is -0.265. The van der Waals surface area contributed by atoms with Crippen molar-refractivity contribution in [2.24, 2.45) is 0 Å². The number of aromatic amines is 1. The molecule has 0 aliphatic carbocycles. The lowest BCUT2D eigenvalue weighted by atomic mass is 10.0. The Balaban J connectivity index is 0.000000135. The molecule has 6 amide bonds. The molecule has 0 unspecified atom stereocenters. The number of H-pyrrole nitrogens is 1. The van der Waals surface area contributed by atoms with Crippen molar-refractivity contribution in [1.29, 1.82) is 0 Å². The van der Waals surface area contributed by atoms with Crippen LogP contribution in [0.1, 0.15) is 251 Å². The maximum Gasteiger partial charge on any atom is 0.409 e. The summed E-state index contributed by atoms with van der Waals surface area (Å²) >= 11 is 32.3. The van der Waals surface area contributed by atoms with Crippen LogP contribution < -0.4 is 42.6 Å². The van der Waals surface area contributed by atoms with Crippen molar-refractivity contribution in [1.82, 2.24) is 94.0 Å². The number of anilines is 5. The van der Waals surface area contributed by atoms with Gasteiger partial charge in [0.05, 0.1) is 124 Å². The second-order valence-electron chi connectivity index (χ2n) is 37.5. The zero-order chi connectivity index (χ0) is 102. The van der Waals surface area contributed by atoms with Gasteiger partial charge in [-0.25, -0.2) is 48.4 Å². The molecule has 0 radical (unpaired) electrons. The van der Waals surface area contributed by atoms with E-state index in [4.69, 9.17) is 72.9 Å². The van der Waals surface area contributed by atoms with E-state index in [0.717, 1.165) is 176 Å². The molecule has 0 spiro atoms. The van der Waals surface area contributed by atoms with Crippen LogP contribution in [0.15, 0.2) is 163 Å². The van der Waals surface area contributed by atoms with Crippen LogP contribution >= 0.6 is 58.0 Å². The Morgan fingerprint density at radius 3 is 1.12 bits per heavy atom. The first-order valence-electron chi connectivity index (χ1n) is 48.6. The normalized spacial score (nSPS) is 14.5. The highest BCUT2D eigenvalue weighted by Crippen LogP contribution is 2.39. The molecule has 14 heterocycles. The molecular weight excluding hydrogens is 1910 g/mol. The third-order valence-corrected chi connectivity index (χ3v) is 28.3. The molecule has 4 saturated heterocycles. The van der Waals surface area contributed by atoms with Gasteiger partial charge < -0.3 is 61.3 Å². The monoisotopic (exact) mass is 2030 g/mol. The topological polar surface area (TPSA) is 376 Å². The minimum Gasteiger partial charge on any atom is -0.453 e. The van der Waals surface area contributed by atoms with Crippen molar-refractivity contribution in [3.63, 3.8) is 0 Å². The maximum absolute atomic E-state index is 13.1. The molecular formula is C106H121Cl5N24O8. The molecule has 32 nitrogen and oxygen atoms in total.